The van der Waals surface area contributed by atoms with Crippen molar-refractivity contribution in [1.29, 1.82) is 0 Å². The average Bonchev–Trinajstić information content (AvgIpc) is 2.11. The average molecular weight is 197 g/mol. The Balaban J connectivity index is 2.63. The van der Waals surface area contributed by atoms with Crippen molar-refractivity contribution in [2.45, 2.75) is 53.9 Å². The lowest BCUT2D eigenvalue weighted by molar-refractivity contribution is 0.0456. The number of hydrogen-bond donors (Lipinski definition) is 1. The molecule has 14 heavy (non-hydrogen) atoms. The molecule has 1 rings (SSSR count). The van der Waals surface area contributed by atoms with Gasteiger partial charge in [0.15, 0.2) is 0 Å². The maximum atomic E-state index is 3.44. The van der Waals surface area contributed by atoms with Gasteiger partial charge < -0.3 is 5.32 Å². The molecule has 84 valence electrons. The summed E-state index contributed by atoms with van der Waals surface area (Å²) in [6.07, 6.45) is 4.05. The van der Waals surface area contributed by atoms with Crippen LogP contribution in [0.3, 0.4) is 0 Å². The summed E-state index contributed by atoms with van der Waals surface area (Å²) in [4.78, 5) is 0. The van der Waals surface area contributed by atoms with Crippen LogP contribution in [-0.4, -0.2) is 13.1 Å². The molecule has 1 atom stereocenters. The molecule has 1 unspecified atom stereocenters. The summed E-state index contributed by atoms with van der Waals surface area (Å²) >= 11 is 0. The molecule has 1 aliphatic rings. The summed E-state index contributed by atoms with van der Waals surface area (Å²) in [5.41, 5.74) is 1.16. The van der Waals surface area contributed by atoms with Gasteiger partial charge in [-0.1, -0.05) is 41.0 Å². The highest BCUT2D eigenvalue weighted by molar-refractivity contribution is 4.96. The number of hydrogen-bond acceptors (Lipinski definition) is 1. The van der Waals surface area contributed by atoms with Crippen molar-refractivity contribution in [1.82, 2.24) is 5.32 Å². The predicted octanol–water partition coefficient (Wildman–Crippen LogP) is 3.45. The number of nitrogens with one attached hydrogen (secondary N) is 1. The monoisotopic (exact) mass is 197 g/mol. The molecule has 0 aromatic heterocycles. The third kappa shape index (κ3) is 2.13. The fourth-order valence-electron chi connectivity index (χ4n) is 2.57. The zero-order chi connectivity index (χ0) is 10.8. The van der Waals surface area contributed by atoms with Gasteiger partial charge in [0, 0.05) is 13.1 Å². The molecule has 0 aromatic carbocycles. The van der Waals surface area contributed by atoms with Gasteiger partial charge in [0.25, 0.3) is 0 Å². The van der Waals surface area contributed by atoms with E-state index in [0.29, 0.717) is 10.8 Å². The molecule has 0 aromatic rings. The molecule has 0 bridgehead atoms. The summed E-state index contributed by atoms with van der Waals surface area (Å²) < 4.78 is 0. The van der Waals surface area contributed by atoms with Crippen LogP contribution < -0.4 is 5.32 Å². The molecule has 0 aliphatic carbocycles. The van der Waals surface area contributed by atoms with Gasteiger partial charge in [0.2, 0.25) is 0 Å². The first-order valence-electron chi connectivity index (χ1n) is 6.19. The van der Waals surface area contributed by atoms with Crippen LogP contribution in [-0.2, 0) is 0 Å². The third-order valence-electron chi connectivity index (χ3n) is 4.73. The first kappa shape index (κ1) is 12.0. The van der Waals surface area contributed by atoms with Gasteiger partial charge in [-0.05, 0) is 29.6 Å². The molecule has 0 saturated carbocycles. The van der Waals surface area contributed by atoms with E-state index in [2.05, 4.69) is 39.9 Å². The Morgan fingerprint density at radius 2 is 1.86 bits per heavy atom. The van der Waals surface area contributed by atoms with Crippen molar-refractivity contribution in [2.24, 2.45) is 16.7 Å². The Hall–Kier alpha value is -0.0400. The van der Waals surface area contributed by atoms with E-state index in [-0.39, 0.29) is 0 Å². The zero-order valence-electron chi connectivity index (χ0n) is 10.6. The Morgan fingerprint density at radius 1 is 1.29 bits per heavy atom. The highest BCUT2D eigenvalue weighted by atomic mass is 15.0. The van der Waals surface area contributed by atoms with E-state index in [1.54, 1.807) is 0 Å². The molecule has 1 heterocycles. The van der Waals surface area contributed by atoms with Gasteiger partial charge >= 0.3 is 0 Å². The SMILES string of the molecule is CCC1(CC(C)(CC)C(C)C)CNC1. The van der Waals surface area contributed by atoms with Gasteiger partial charge in [-0.3, -0.25) is 0 Å². The van der Waals surface area contributed by atoms with E-state index < -0.39 is 0 Å². The van der Waals surface area contributed by atoms with Crippen LogP contribution in [0.15, 0.2) is 0 Å². The lowest BCUT2D eigenvalue weighted by Gasteiger charge is -2.49. The fourth-order valence-corrected chi connectivity index (χ4v) is 2.57. The summed E-state index contributed by atoms with van der Waals surface area (Å²) in [7, 11) is 0. The summed E-state index contributed by atoms with van der Waals surface area (Å²) in [6.45, 7) is 14.4. The second-order valence-corrected chi connectivity index (χ2v) is 5.80. The van der Waals surface area contributed by atoms with E-state index in [0.717, 1.165) is 5.92 Å². The predicted molar refractivity (Wildman–Crippen MR) is 63.4 cm³/mol. The van der Waals surface area contributed by atoms with E-state index in [9.17, 15) is 0 Å². The standard InChI is InChI=1S/C13H27N/c1-6-12(5,11(3)4)8-13(7-2)9-14-10-13/h11,14H,6-10H2,1-5H3. The molecular weight excluding hydrogens is 170 g/mol. The van der Waals surface area contributed by atoms with E-state index in [1.165, 1.54) is 32.4 Å². The van der Waals surface area contributed by atoms with Crippen LogP contribution in [0.25, 0.3) is 0 Å². The van der Waals surface area contributed by atoms with Crippen molar-refractivity contribution in [3.8, 4) is 0 Å². The van der Waals surface area contributed by atoms with Crippen LogP contribution in [0.4, 0.5) is 0 Å². The first-order chi connectivity index (χ1) is 6.48. The molecule has 1 heteroatoms. The summed E-state index contributed by atoms with van der Waals surface area (Å²) in [6, 6.07) is 0. The quantitative estimate of drug-likeness (QED) is 0.712. The van der Waals surface area contributed by atoms with Crippen molar-refractivity contribution in [2.75, 3.05) is 13.1 Å². The smallest absolute Gasteiger partial charge is 0.00203 e. The van der Waals surface area contributed by atoms with Gasteiger partial charge in [-0.15, -0.1) is 0 Å². The topological polar surface area (TPSA) is 12.0 Å². The second kappa shape index (κ2) is 4.22. The minimum absolute atomic E-state index is 0.540. The largest absolute Gasteiger partial charge is 0.316 e. The Morgan fingerprint density at radius 3 is 2.07 bits per heavy atom. The molecule has 1 saturated heterocycles. The van der Waals surface area contributed by atoms with Crippen LogP contribution in [0.5, 0.6) is 0 Å². The zero-order valence-corrected chi connectivity index (χ0v) is 10.6. The second-order valence-electron chi connectivity index (χ2n) is 5.80. The summed E-state index contributed by atoms with van der Waals surface area (Å²) in [5.74, 6) is 0.802. The Labute approximate surface area is 89.7 Å². The van der Waals surface area contributed by atoms with E-state index in [1.807, 2.05) is 0 Å². The summed E-state index contributed by atoms with van der Waals surface area (Å²) in [5, 5.41) is 3.44. The minimum atomic E-state index is 0.540. The lowest BCUT2D eigenvalue weighted by Crippen LogP contribution is -2.55. The normalized spacial score (nSPS) is 24.4. The lowest BCUT2D eigenvalue weighted by atomic mass is 9.62. The van der Waals surface area contributed by atoms with Crippen LogP contribution in [0, 0.1) is 16.7 Å². The van der Waals surface area contributed by atoms with Crippen LogP contribution >= 0.6 is 0 Å². The minimum Gasteiger partial charge on any atom is -0.316 e. The van der Waals surface area contributed by atoms with E-state index in [4.69, 9.17) is 0 Å². The molecule has 1 N–H and O–H groups in total. The van der Waals surface area contributed by atoms with Gasteiger partial charge in [0.05, 0.1) is 0 Å². The van der Waals surface area contributed by atoms with Crippen LogP contribution in [0.1, 0.15) is 53.9 Å². The maximum absolute atomic E-state index is 3.44. The fraction of sp³-hybridized carbons (Fsp3) is 1.00. The molecule has 1 nitrogen and oxygen atoms in total. The van der Waals surface area contributed by atoms with Crippen molar-refractivity contribution < 1.29 is 0 Å². The highest BCUT2D eigenvalue weighted by Gasteiger charge is 2.41. The molecule has 0 radical (unpaired) electrons. The molecule has 0 spiro atoms. The molecule has 1 aliphatic heterocycles. The third-order valence-corrected chi connectivity index (χ3v) is 4.73. The highest BCUT2D eigenvalue weighted by Crippen LogP contribution is 2.45. The van der Waals surface area contributed by atoms with Crippen LogP contribution in [0.2, 0.25) is 0 Å². The molecule has 1 fully saturated rings. The number of rotatable bonds is 5. The van der Waals surface area contributed by atoms with Crippen molar-refractivity contribution in [3.05, 3.63) is 0 Å². The molecular formula is C13H27N. The first-order valence-corrected chi connectivity index (χ1v) is 6.19. The van der Waals surface area contributed by atoms with Crippen molar-refractivity contribution >= 4 is 0 Å². The molecule has 0 amide bonds. The maximum Gasteiger partial charge on any atom is 0.00203 e. The Kier molecular flexibility index (Phi) is 3.63. The van der Waals surface area contributed by atoms with Gasteiger partial charge in [-0.2, -0.15) is 0 Å². The van der Waals surface area contributed by atoms with E-state index >= 15 is 0 Å². The van der Waals surface area contributed by atoms with Gasteiger partial charge in [0.1, 0.15) is 0 Å². The van der Waals surface area contributed by atoms with Gasteiger partial charge in [-0.25, -0.2) is 0 Å². The Bertz CT molecular complexity index is 176. The van der Waals surface area contributed by atoms with Crippen molar-refractivity contribution in [3.63, 3.8) is 0 Å².